The number of rotatable bonds is 1. The Balaban J connectivity index is 0.000000133. The van der Waals surface area contributed by atoms with Crippen molar-refractivity contribution in [3.05, 3.63) is 84.9 Å². The van der Waals surface area contributed by atoms with E-state index in [1.54, 1.807) is 0 Å². The van der Waals surface area contributed by atoms with Gasteiger partial charge in [0, 0.05) is 0 Å². The van der Waals surface area contributed by atoms with Gasteiger partial charge in [0.2, 0.25) is 0 Å². The van der Waals surface area contributed by atoms with E-state index in [9.17, 15) is 0 Å². The fourth-order valence-electron chi connectivity index (χ4n) is 2.15. The molecule has 4 aromatic rings. The quantitative estimate of drug-likeness (QED) is 0.523. The standard InChI is InChI=1S/C12H10.C7H6N2S/c1-3-7-11(8-4-1)12-9-5-2-6-10-12;8-7-9-5-3-1-2-4-6(5)10-7/h1-10H;1-4H,(H2,8,9). The third kappa shape index (κ3) is 3.51. The van der Waals surface area contributed by atoms with E-state index >= 15 is 0 Å². The summed E-state index contributed by atoms with van der Waals surface area (Å²) >= 11 is 1.52. The van der Waals surface area contributed by atoms with Crippen LogP contribution in [0, 0.1) is 0 Å². The molecule has 0 aliphatic heterocycles. The highest BCUT2D eigenvalue weighted by atomic mass is 32.1. The van der Waals surface area contributed by atoms with Crippen LogP contribution in [0.3, 0.4) is 0 Å². The van der Waals surface area contributed by atoms with Gasteiger partial charge in [0.05, 0.1) is 10.2 Å². The lowest BCUT2D eigenvalue weighted by atomic mass is 10.1. The molecule has 0 amide bonds. The number of hydrogen-bond acceptors (Lipinski definition) is 3. The number of anilines is 1. The molecule has 4 rings (SSSR count). The first-order chi connectivity index (χ1) is 10.8. The SMILES string of the molecule is Nc1nc2ccccc2s1.c1ccc(-c2ccccc2)cc1. The molecule has 2 nitrogen and oxygen atoms in total. The number of para-hydroxylation sites is 1. The number of nitrogens with zero attached hydrogens (tertiary/aromatic N) is 1. The van der Waals surface area contributed by atoms with Gasteiger partial charge < -0.3 is 5.73 Å². The zero-order chi connectivity index (χ0) is 15.2. The lowest BCUT2D eigenvalue weighted by molar-refractivity contribution is 1.50. The lowest BCUT2D eigenvalue weighted by Gasteiger charge is -1.98. The number of fused-ring (bicyclic) bond motifs is 1. The number of hydrogen-bond donors (Lipinski definition) is 1. The molecule has 0 aliphatic carbocycles. The van der Waals surface area contributed by atoms with Crippen molar-refractivity contribution in [2.75, 3.05) is 5.73 Å². The Morgan fingerprint density at radius 1 is 0.636 bits per heavy atom. The molecule has 3 aromatic carbocycles. The predicted octanol–water partition coefficient (Wildman–Crippen LogP) is 5.23. The van der Waals surface area contributed by atoms with Crippen LogP contribution in [0.1, 0.15) is 0 Å². The summed E-state index contributed by atoms with van der Waals surface area (Å²) in [4.78, 5) is 4.11. The minimum Gasteiger partial charge on any atom is -0.375 e. The summed E-state index contributed by atoms with van der Waals surface area (Å²) in [6.45, 7) is 0. The van der Waals surface area contributed by atoms with Crippen molar-refractivity contribution in [2.45, 2.75) is 0 Å². The minimum atomic E-state index is 0.640. The van der Waals surface area contributed by atoms with Crippen LogP contribution in [-0.4, -0.2) is 4.98 Å². The number of thiazole rings is 1. The van der Waals surface area contributed by atoms with Gasteiger partial charge in [-0.05, 0) is 23.3 Å². The normalized spacial score (nSPS) is 10.0. The lowest BCUT2D eigenvalue weighted by Crippen LogP contribution is -1.78. The fourth-order valence-corrected chi connectivity index (χ4v) is 2.89. The maximum atomic E-state index is 5.50. The Hall–Kier alpha value is -2.65. The van der Waals surface area contributed by atoms with Crippen molar-refractivity contribution in [2.24, 2.45) is 0 Å². The molecule has 108 valence electrons. The van der Waals surface area contributed by atoms with Crippen LogP contribution in [-0.2, 0) is 0 Å². The van der Waals surface area contributed by atoms with Crippen LogP contribution in [0.5, 0.6) is 0 Å². The predicted molar refractivity (Wildman–Crippen MR) is 95.9 cm³/mol. The molecule has 0 aliphatic rings. The molecule has 1 heterocycles. The Labute approximate surface area is 133 Å². The summed E-state index contributed by atoms with van der Waals surface area (Å²) in [5.41, 5.74) is 9.04. The van der Waals surface area contributed by atoms with Crippen LogP contribution in [0.15, 0.2) is 84.9 Å². The molecule has 3 heteroatoms. The molecule has 0 fully saturated rings. The topological polar surface area (TPSA) is 38.9 Å². The third-order valence-electron chi connectivity index (χ3n) is 3.19. The van der Waals surface area contributed by atoms with Gasteiger partial charge in [-0.3, -0.25) is 0 Å². The summed E-state index contributed by atoms with van der Waals surface area (Å²) < 4.78 is 1.15. The molecule has 0 atom stereocenters. The van der Waals surface area contributed by atoms with E-state index in [-0.39, 0.29) is 0 Å². The summed E-state index contributed by atoms with van der Waals surface area (Å²) in [6, 6.07) is 28.7. The van der Waals surface area contributed by atoms with E-state index in [0.29, 0.717) is 5.13 Å². The zero-order valence-corrected chi connectivity index (χ0v) is 12.8. The van der Waals surface area contributed by atoms with E-state index in [0.717, 1.165) is 10.2 Å². The van der Waals surface area contributed by atoms with Crippen molar-refractivity contribution in [1.29, 1.82) is 0 Å². The molecule has 0 bridgehead atoms. The van der Waals surface area contributed by atoms with E-state index in [2.05, 4.69) is 53.5 Å². The van der Waals surface area contributed by atoms with Gasteiger partial charge in [0.15, 0.2) is 5.13 Å². The highest BCUT2D eigenvalue weighted by Crippen LogP contribution is 2.22. The molecule has 0 spiro atoms. The molecular formula is C19H16N2S. The largest absolute Gasteiger partial charge is 0.375 e. The highest BCUT2D eigenvalue weighted by Gasteiger charge is 1.96. The maximum absolute atomic E-state index is 5.50. The summed E-state index contributed by atoms with van der Waals surface area (Å²) in [5.74, 6) is 0. The highest BCUT2D eigenvalue weighted by molar-refractivity contribution is 7.22. The fraction of sp³-hybridized carbons (Fsp3) is 0. The Bertz CT molecular complexity index is 768. The smallest absolute Gasteiger partial charge is 0.181 e. The van der Waals surface area contributed by atoms with Gasteiger partial charge in [-0.25, -0.2) is 4.98 Å². The number of nitrogen functional groups attached to an aromatic ring is 1. The second-order valence-electron chi connectivity index (χ2n) is 4.75. The van der Waals surface area contributed by atoms with E-state index in [4.69, 9.17) is 5.73 Å². The van der Waals surface area contributed by atoms with Crippen LogP contribution >= 0.6 is 11.3 Å². The van der Waals surface area contributed by atoms with Crippen molar-refractivity contribution < 1.29 is 0 Å². The van der Waals surface area contributed by atoms with Crippen molar-refractivity contribution in [3.8, 4) is 11.1 Å². The summed E-state index contributed by atoms with van der Waals surface area (Å²) in [5, 5.41) is 0.640. The second-order valence-corrected chi connectivity index (χ2v) is 5.81. The maximum Gasteiger partial charge on any atom is 0.181 e. The summed E-state index contributed by atoms with van der Waals surface area (Å²) in [6.07, 6.45) is 0. The van der Waals surface area contributed by atoms with E-state index in [1.165, 1.54) is 22.5 Å². The molecule has 2 N–H and O–H groups in total. The third-order valence-corrected chi connectivity index (χ3v) is 4.06. The van der Waals surface area contributed by atoms with Gasteiger partial charge in [0.25, 0.3) is 0 Å². The van der Waals surface area contributed by atoms with Gasteiger partial charge in [0.1, 0.15) is 0 Å². The van der Waals surface area contributed by atoms with Crippen molar-refractivity contribution in [3.63, 3.8) is 0 Å². The van der Waals surface area contributed by atoms with Gasteiger partial charge in [-0.2, -0.15) is 0 Å². The second kappa shape index (κ2) is 6.87. The van der Waals surface area contributed by atoms with Crippen molar-refractivity contribution >= 4 is 26.7 Å². The molecular weight excluding hydrogens is 288 g/mol. The van der Waals surface area contributed by atoms with Crippen LogP contribution < -0.4 is 5.73 Å². The average Bonchev–Trinajstić information content (AvgIpc) is 2.97. The number of benzene rings is 3. The first-order valence-electron chi connectivity index (χ1n) is 7.04. The van der Waals surface area contributed by atoms with Crippen LogP contribution in [0.25, 0.3) is 21.3 Å². The Morgan fingerprint density at radius 3 is 1.68 bits per heavy atom. The van der Waals surface area contributed by atoms with Crippen LogP contribution in [0.2, 0.25) is 0 Å². The Morgan fingerprint density at radius 2 is 1.14 bits per heavy atom. The molecule has 0 radical (unpaired) electrons. The molecule has 1 aromatic heterocycles. The number of aromatic nitrogens is 1. The molecule has 0 unspecified atom stereocenters. The first kappa shape index (κ1) is 14.3. The first-order valence-corrected chi connectivity index (χ1v) is 7.86. The van der Waals surface area contributed by atoms with Crippen LogP contribution in [0.4, 0.5) is 5.13 Å². The molecule has 0 saturated carbocycles. The van der Waals surface area contributed by atoms with Gasteiger partial charge >= 0.3 is 0 Å². The van der Waals surface area contributed by atoms with E-state index in [1.807, 2.05) is 36.4 Å². The van der Waals surface area contributed by atoms with Crippen molar-refractivity contribution in [1.82, 2.24) is 4.98 Å². The molecule has 22 heavy (non-hydrogen) atoms. The van der Waals surface area contributed by atoms with E-state index < -0.39 is 0 Å². The van der Waals surface area contributed by atoms with Gasteiger partial charge in [-0.15, -0.1) is 0 Å². The zero-order valence-electron chi connectivity index (χ0n) is 12.0. The average molecular weight is 304 g/mol. The minimum absolute atomic E-state index is 0.640. The Kier molecular flexibility index (Phi) is 4.47. The number of nitrogens with two attached hydrogens (primary N) is 1. The molecule has 0 saturated heterocycles. The monoisotopic (exact) mass is 304 g/mol. The summed E-state index contributed by atoms with van der Waals surface area (Å²) in [7, 11) is 0. The van der Waals surface area contributed by atoms with Gasteiger partial charge in [-0.1, -0.05) is 84.1 Å².